The van der Waals surface area contributed by atoms with Gasteiger partial charge >= 0.3 is 0 Å². The Kier molecular flexibility index (Phi) is 4.87. The van der Waals surface area contributed by atoms with E-state index in [1.807, 2.05) is 11.3 Å². The lowest BCUT2D eigenvalue weighted by Gasteiger charge is -2.35. The molecule has 3 rings (SSSR count). The van der Waals surface area contributed by atoms with Gasteiger partial charge in [-0.2, -0.15) is 0 Å². The molecule has 1 N–H and O–H groups in total. The molecule has 1 aliphatic carbocycles. The van der Waals surface area contributed by atoms with Gasteiger partial charge in [0.15, 0.2) is 0 Å². The maximum absolute atomic E-state index is 12.7. The van der Waals surface area contributed by atoms with Gasteiger partial charge in [0, 0.05) is 30.6 Å². The Morgan fingerprint density at radius 2 is 2.37 bits per heavy atom. The lowest BCUT2D eigenvalue weighted by Crippen LogP contribution is -2.52. The first-order chi connectivity index (χ1) is 8.75. The molecule has 0 aromatic carbocycles. The molecule has 0 radical (unpaired) electrons. The van der Waals surface area contributed by atoms with Crippen LogP contribution in [0.2, 0.25) is 0 Å². The Balaban J connectivity index is 0.00000133. The van der Waals surface area contributed by atoms with Crippen molar-refractivity contribution >= 4 is 29.7 Å². The fourth-order valence-corrected chi connectivity index (χ4v) is 4.08. The first-order valence-electron chi connectivity index (χ1n) is 6.84. The number of hydrogen-bond acceptors (Lipinski definition) is 3. The summed E-state index contributed by atoms with van der Waals surface area (Å²) in [5, 5.41) is 5.53. The highest BCUT2D eigenvalue weighted by Gasteiger charge is 2.32. The summed E-state index contributed by atoms with van der Waals surface area (Å²) in [7, 11) is 0. The van der Waals surface area contributed by atoms with Crippen LogP contribution < -0.4 is 5.32 Å². The van der Waals surface area contributed by atoms with E-state index in [0.29, 0.717) is 11.9 Å². The van der Waals surface area contributed by atoms with Gasteiger partial charge in [0.2, 0.25) is 5.91 Å². The average molecular weight is 301 g/mol. The number of piperazine rings is 1. The van der Waals surface area contributed by atoms with E-state index in [0.717, 1.165) is 38.9 Å². The van der Waals surface area contributed by atoms with Gasteiger partial charge in [-0.1, -0.05) is 0 Å². The van der Waals surface area contributed by atoms with Crippen molar-refractivity contribution < 1.29 is 4.79 Å². The average Bonchev–Trinajstić information content (AvgIpc) is 2.86. The fraction of sp³-hybridized carbons (Fsp3) is 0.643. The number of amides is 1. The van der Waals surface area contributed by atoms with Crippen molar-refractivity contribution in [1.82, 2.24) is 10.2 Å². The number of carbonyl (C=O) groups is 1. The summed E-state index contributed by atoms with van der Waals surface area (Å²) in [5.41, 5.74) is 1.31. The van der Waals surface area contributed by atoms with Gasteiger partial charge in [0.1, 0.15) is 0 Å². The topological polar surface area (TPSA) is 32.3 Å². The van der Waals surface area contributed by atoms with E-state index in [9.17, 15) is 4.79 Å². The van der Waals surface area contributed by atoms with E-state index in [4.69, 9.17) is 0 Å². The molecule has 1 aromatic heterocycles. The Morgan fingerprint density at radius 3 is 3.16 bits per heavy atom. The van der Waals surface area contributed by atoms with Gasteiger partial charge < -0.3 is 10.2 Å². The van der Waals surface area contributed by atoms with Crippen LogP contribution in [-0.2, 0) is 11.2 Å². The van der Waals surface area contributed by atoms with E-state index in [1.54, 1.807) is 0 Å². The van der Waals surface area contributed by atoms with Crippen molar-refractivity contribution in [2.45, 2.75) is 38.1 Å². The molecule has 2 heterocycles. The van der Waals surface area contributed by atoms with Gasteiger partial charge in [-0.15, -0.1) is 23.7 Å². The Morgan fingerprint density at radius 1 is 1.53 bits per heavy atom. The molecule has 1 unspecified atom stereocenters. The molecule has 1 amide bonds. The monoisotopic (exact) mass is 300 g/mol. The number of nitrogens with one attached hydrogen (secondary N) is 1. The number of thiophene rings is 1. The van der Waals surface area contributed by atoms with Crippen LogP contribution in [0.25, 0.3) is 0 Å². The minimum atomic E-state index is 0. The first-order valence-corrected chi connectivity index (χ1v) is 7.72. The maximum Gasteiger partial charge on any atom is 0.230 e. The number of halogens is 1. The standard InChI is InChI=1S/C14H20N2OS.ClH/c1-10-9-16(7-6-15-10)14(17)12-3-2-4-13-11(12)5-8-18-13;/h5,8,10,12,15H,2-4,6-7,9H2,1H3;1H/t10-,12?;/m0./s1. The number of fused-ring (bicyclic) bond motifs is 1. The van der Waals surface area contributed by atoms with E-state index in [2.05, 4.69) is 28.6 Å². The normalized spacial score (nSPS) is 26.5. The third-order valence-corrected chi connectivity index (χ3v) is 5.03. The molecule has 106 valence electrons. The summed E-state index contributed by atoms with van der Waals surface area (Å²) < 4.78 is 0. The van der Waals surface area contributed by atoms with Crippen LogP contribution in [0.3, 0.4) is 0 Å². The highest BCUT2D eigenvalue weighted by Crippen LogP contribution is 2.36. The lowest BCUT2D eigenvalue weighted by molar-refractivity contribution is -0.134. The summed E-state index contributed by atoms with van der Waals surface area (Å²) in [6, 6.07) is 2.58. The van der Waals surface area contributed by atoms with E-state index < -0.39 is 0 Å². The van der Waals surface area contributed by atoms with Crippen LogP contribution in [0.1, 0.15) is 36.1 Å². The van der Waals surface area contributed by atoms with Crippen LogP contribution in [-0.4, -0.2) is 36.5 Å². The minimum Gasteiger partial charge on any atom is -0.339 e. The summed E-state index contributed by atoms with van der Waals surface area (Å²) in [4.78, 5) is 16.1. The predicted octanol–water partition coefficient (Wildman–Crippen LogP) is 2.41. The second-order valence-corrected chi connectivity index (χ2v) is 6.38. The first kappa shape index (κ1) is 14.8. The minimum absolute atomic E-state index is 0. The van der Waals surface area contributed by atoms with Gasteiger partial charge in [-0.05, 0) is 43.2 Å². The van der Waals surface area contributed by atoms with Crippen LogP contribution in [0.15, 0.2) is 11.4 Å². The summed E-state index contributed by atoms with van der Waals surface area (Å²) in [5.74, 6) is 0.480. The molecule has 0 bridgehead atoms. The van der Waals surface area contributed by atoms with Crippen molar-refractivity contribution in [3.63, 3.8) is 0 Å². The molecule has 1 aliphatic heterocycles. The highest BCUT2D eigenvalue weighted by molar-refractivity contribution is 7.10. The molecule has 19 heavy (non-hydrogen) atoms. The largest absolute Gasteiger partial charge is 0.339 e. The highest BCUT2D eigenvalue weighted by atomic mass is 35.5. The van der Waals surface area contributed by atoms with Crippen molar-refractivity contribution in [3.05, 3.63) is 21.9 Å². The summed E-state index contributed by atoms with van der Waals surface area (Å²) >= 11 is 1.81. The quantitative estimate of drug-likeness (QED) is 0.864. The van der Waals surface area contributed by atoms with Crippen molar-refractivity contribution in [3.8, 4) is 0 Å². The zero-order chi connectivity index (χ0) is 12.5. The molecule has 1 fully saturated rings. The van der Waals surface area contributed by atoms with E-state index in [-0.39, 0.29) is 18.3 Å². The van der Waals surface area contributed by atoms with E-state index in [1.165, 1.54) is 10.4 Å². The number of aryl methyl sites for hydroxylation is 1. The molecular formula is C14H21ClN2OS. The second kappa shape index (κ2) is 6.25. The zero-order valence-corrected chi connectivity index (χ0v) is 12.9. The van der Waals surface area contributed by atoms with E-state index >= 15 is 0 Å². The van der Waals surface area contributed by atoms with Crippen molar-refractivity contribution in [1.29, 1.82) is 0 Å². The van der Waals surface area contributed by atoms with Crippen molar-refractivity contribution in [2.24, 2.45) is 0 Å². The third kappa shape index (κ3) is 2.96. The number of hydrogen-bond donors (Lipinski definition) is 1. The van der Waals surface area contributed by atoms with Crippen LogP contribution >= 0.6 is 23.7 Å². The van der Waals surface area contributed by atoms with Crippen molar-refractivity contribution in [2.75, 3.05) is 19.6 Å². The SMILES string of the molecule is C[C@H]1CN(C(=O)C2CCCc3sccc32)CCN1.Cl. The molecular weight excluding hydrogens is 280 g/mol. The molecule has 1 aromatic rings. The van der Waals surface area contributed by atoms with Gasteiger partial charge in [0.05, 0.1) is 5.92 Å². The second-order valence-electron chi connectivity index (χ2n) is 5.38. The maximum atomic E-state index is 12.7. The van der Waals surface area contributed by atoms with Crippen LogP contribution in [0, 0.1) is 0 Å². The Hall–Kier alpha value is -0.580. The molecule has 0 saturated carbocycles. The smallest absolute Gasteiger partial charge is 0.230 e. The molecule has 3 nitrogen and oxygen atoms in total. The summed E-state index contributed by atoms with van der Waals surface area (Å²) in [6.07, 6.45) is 3.35. The molecule has 5 heteroatoms. The predicted molar refractivity (Wildman–Crippen MR) is 81.3 cm³/mol. The van der Waals surface area contributed by atoms with Gasteiger partial charge in [0.25, 0.3) is 0 Å². The third-order valence-electron chi connectivity index (χ3n) is 4.03. The lowest BCUT2D eigenvalue weighted by atomic mass is 9.86. The molecule has 0 spiro atoms. The molecule has 2 atom stereocenters. The zero-order valence-electron chi connectivity index (χ0n) is 11.2. The number of carbonyl (C=O) groups excluding carboxylic acids is 1. The Bertz CT molecular complexity index is 448. The molecule has 1 saturated heterocycles. The van der Waals surface area contributed by atoms with Gasteiger partial charge in [-0.25, -0.2) is 0 Å². The van der Waals surface area contributed by atoms with Gasteiger partial charge in [-0.3, -0.25) is 4.79 Å². The Labute approximate surface area is 124 Å². The number of nitrogens with zero attached hydrogens (tertiary/aromatic N) is 1. The summed E-state index contributed by atoms with van der Waals surface area (Å²) in [6.45, 7) is 4.79. The number of rotatable bonds is 1. The van der Waals surface area contributed by atoms with Crippen LogP contribution in [0.5, 0.6) is 0 Å². The molecule has 2 aliphatic rings. The fourth-order valence-electron chi connectivity index (χ4n) is 3.10. The van der Waals surface area contributed by atoms with Crippen LogP contribution in [0.4, 0.5) is 0 Å².